The van der Waals surface area contributed by atoms with Gasteiger partial charge in [-0.3, -0.25) is 4.79 Å². The Morgan fingerprint density at radius 2 is 2.00 bits per heavy atom. The van der Waals surface area contributed by atoms with Gasteiger partial charge in [0.1, 0.15) is 6.61 Å². The number of nitrogens with zero attached hydrogens (tertiary/aromatic N) is 1. The van der Waals surface area contributed by atoms with Crippen LogP contribution >= 0.6 is 0 Å². The second-order valence-electron chi connectivity index (χ2n) is 5.18. The van der Waals surface area contributed by atoms with Crippen LogP contribution < -0.4 is 5.32 Å². The third kappa shape index (κ3) is 6.36. The average Bonchev–Trinajstić information content (AvgIpc) is 2.37. The first-order valence-corrected chi connectivity index (χ1v) is 7.27. The molecule has 0 aromatic rings. The summed E-state index contributed by atoms with van der Waals surface area (Å²) in [6.45, 7) is 5.87. The van der Waals surface area contributed by atoms with Crippen molar-refractivity contribution in [2.75, 3.05) is 33.4 Å². The van der Waals surface area contributed by atoms with Crippen molar-refractivity contribution in [1.82, 2.24) is 10.2 Å². The molecular weight excluding hydrogens is 228 g/mol. The van der Waals surface area contributed by atoms with Gasteiger partial charge < -0.3 is 15.0 Å². The molecule has 0 spiro atoms. The number of nitrogens with one attached hydrogen (secondary N) is 1. The molecule has 0 radical (unpaired) electrons. The van der Waals surface area contributed by atoms with E-state index in [4.69, 9.17) is 4.74 Å². The van der Waals surface area contributed by atoms with Crippen molar-refractivity contribution in [3.63, 3.8) is 0 Å². The summed E-state index contributed by atoms with van der Waals surface area (Å²) in [7, 11) is 1.55. The van der Waals surface area contributed by atoms with Crippen LogP contribution in [0.4, 0.5) is 0 Å². The largest absolute Gasteiger partial charge is 0.375 e. The van der Waals surface area contributed by atoms with E-state index >= 15 is 0 Å². The Bertz CT molecular complexity index is 226. The first kappa shape index (κ1) is 15.4. The molecule has 1 fully saturated rings. The van der Waals surface area contributed by atoms with E-state index < -0.39 is 0 Å². The molecule has 1 rings (SSSR count). The number of carbonyl (C=O) groups is 1. The highest BCUT2D eigenvalue weighted by Crippen LogP contribution is 2.11. The fraction of sp³-hybridized carbons (Fsp3) is 0.929. The molecule has 106 valence electrons. The molecule has 1 amide bonds. The van der Waals surface area contributed by atoms with Crippen LogP contribution in [0.1, 0.15) is 45.4 Å². The van der Waals surface area contributed by atoms with Crippen molar-refractivity contribution in [1.29, 1.82) is 0 Å². The Morgan fingerprint density at radius 3 is 2.61 bits per heavy atom. The van der Waals surface area contributed by atoms with Gasteiger partial charge in [0.2, 0.25) is 5.91 Å². The number of methoxy groups -OCH3 is 1. The number of carbonyl (C=O) groups excluding carboxylic acids is 1. The van der Waals surface area contributed by atoms with Crippen molar-refractivity contribution in [3.8, 4) is 0 Å². The number of piperidine rings is 1. The number of rotatable bonds is 8. The first-order chi connectivity index (χ1) is 8.76. The van der Waals surface area contributed by atoms with E-state index in [-0.39, 0.29) is 12.5 Å². The van der Waals surface area contributed by atoms with Crippen LogP contribution in [-0.4, -0.2) is 50.2 Å². The van der Waals surface area contributed by atoms with Crippen LogP contribution in [0.25, 0.3) is 0 Å². The molecular formula is C14H28N2O2. The highest BCUT2D eigenvalue weighted by Gasteiger charge is 2.19. The SMILES string of the molecule is CCCCCCN1CCC(NC(=O)COC)CC1. The molecule has 0 unspecified atom stereocenters. The first-order valence-electron chi connectivity index (χ1n) is 7.27. The summed E-state index contributed by atoms with van der Waals surface area (Å²) in [4.78, 5) is 13.9. The summed E-state index contributed by atoms with van der Waals surface area (Å²) >= 11 is 0. The van der Waals surface area contributed by atoms with Gasteiger partial charge in [0.25, 0.3) is 0 Å². The molecule has 0 bridgehead atoms. The number of hydrogen-bond acceptors (Lipinski definition) is 3. The standard InChI is InChI=1S/C14H28N2O2/c1-3-4-5-6-9-16-10-7-13(8-11-16)15-14(17)12-18-2/h13H,3-12H2,1-2H3,(H,15,17). The molecule has 0 saturated carbocycles. The Labute approximate surface area is 111 Å². The van der Waals surface area contributed by atoms with Crippen LogP contribution in [0.3, 0.4) is 0 Å². The Balaban J connectivity index is 2.07. The minimum absolute atomic E-state index is 0.0129. The summed E-state index contributed by atoms with van der Waals surface area (Å²) in [5.74, 6) is 0.0129. The van der Waals surface area contributed by atoms with E-state index in [1.54, 1.807) is 7.11 Å². The maximum atomic E-state index is 11.4. The summed E-state index contributed by atoms with van der Waals surface area (Å²) in [5, 5.41) is 3.03. The molecule has 1 saturated heterocycles. The highest BCUT2D eigenvalue weighted by molar-refractivity contribution is 5.77. The number of amides is 1. The number of hydrogen-bond donors (Lipinski definition) is 1. The molecule has 1 heterocycles. The van der Waals surface area contributed by atoms with Gasteiger partial charge in [0, 0.05) is 26.2 Å². The summed E-state index contributed by atoms with van der Waals surface area (Å²) in [6, 6.07) is 0.347. The average molecular weight is 256 g/mol. The molecule has 0 atom stereocenters. The lowest BCUT2D eigenvalue weighted by Crippen LogP contribution is -2.45. The quantitative estimate of drug-likeness (QED) is 0.673. The van der Waals surface area contributed by atoms with Crippen LogP contribution in [-0.2, 0) is 9.53 Å². The third-order valence-corrected chi connectivity index (χ3v) is 3.56. The van der Waals surface area contributed by atoms with Crippen LogP contribution in [0.2, 0.25) is 0 Å². The van der Waals surface area contributed by atoms with Crippen molar-refractivity contribution >= 4 is 5.91 Å². The maximum absolute atomic E-state index is 11.4. The second kappa shape index (κ2) is 9.34. The summed E-state index contributed by atoms with van der Waals surface area (Å²) < 4.78 is 4.82. The molecule has 0 aromatic carbocycles. The topological polar surface area (TPSA) is 41.6 Å². The Morgan fingerprint density at radius 1 is 1.28 bits per heavy atom. The molecule has 1 aliphatic heterocycles. The normalized spacial score (nSPS) is 17.9. The minimum Gasteiger partial charge on any atom is -0.375 e. The van der Waals surface area contributed by atoms with Crippen LogP contribution in [0.15, 0.2) is 0 Å². The van der Waals surface area contributed by atoms with E-state index in [2.05, 4.69) is 17.1 Å². The van der Waals surface area contributed by atoms with Crippen molar-refractivity contribution < 1.29 is 9.53 Å². The van der Waals surface area contributed by atoms with E-state index in [9.17, 15) is 4.79 Å². The number of unbranched alkanes of at least 4 members (excludes halogenated alkanes) is 3. The van der Waals surface area contributed by atoms with E-state index in [1.807, 2.05) is 0 Å². The van der Waals surface area contributed by atoms with Gasteiger partial charge in [-0.25, -0.2) is 0 Å². The molecule has 4 heteroatoms. The fourth-order valence-corrected chi connectivity index (χ4v) is 2.46. The van der Waals surface area contributed by atoms with Gasteiger partial charge in [-0.2, -0.15) is 0 Å². The van der Waals surface area contributed by atoms with Crippen molar-refractivity contribution in [2.24, 2.45) is 0 Å². The zero-order valence-corrected chi connectivity index (χ0v) is 11.9. The maximum Gasteiger partial charge on any atom is 0.246 e. The van der Waals surface area contributed by atoms with Gasteiger partial charge >= 0.3 is 0 Å². The molecule has 1 N–H and O–H groups in total. The van der Waals surface area contributed by atoms with Crippen molar-refractivity contribution in [2.45, 2.75) is 51.5 Å². The molecule has 0 aliphatic carbocycles. The number of likely N-dealkylation sites (tertiary alicyclic amines) is 1. The molecule has 18 heavy (non-hydrogen) atoms. The third-order valence-electron chi connectivity index (χ3n) is 3.56. The van der Waals surface area contributed by atoms with E-state index in [0.29, 0.717) is 6.04 Å². The fourth-order valence-electron chi connectivity index (χ4n) is 2.46. The zero-order valence-electron chi connectivity index (χ0n) is 11.9. The second-order valence-corrected chi connectivity index (χ2v) is 5.18. The molecule has 4 nitrogen and oxygen atoms in total. The predicted molar refractivity (Wildman–Crippen MR) is 73.6 cm³/mol. The molecule has 0 aromatic heterocycles. The van der Waals surface area contributed by atoms with Gasteiger partial charge in [0.05, 0.1) is 0 Å². The predicted octanol–water partition coefficient (Wildman–Crippen LogP) is 1.79. The Kier molecular flexibility index (Phi) is 8.01. The summed E-state index contributed by atoms with van der Waals surface area (Å²) in [6.07, 6.45) is 7.46. The van der Waals surface area contributed by atoms with Crippen LogP contribution in [0, 0.1) is 0 Å². The van der Waals surface area contributed by atoms with E-state index in [0.717, 1.165) is 25.9 Å². The van der Waals surface area contributed by atoms with Crippen LogP contribution in [0.5, 0.6) is 0 Å². The monoisotopic (exact) mass is 256 g/mol. The van der Waals surface area contributed by atoms with E-state index in [1.165, 1.54) is 32.2 Å². The minimum atomic E-state index is 0.0129. The van der Waals surface area contributed by atoms with Crippen molar-refractivity contribution in [3.05, 3.63) is 0 Å². The lowest BCUT2D eigenvalue weighted by Gasteiger charge is -2.32. The van der Waals surface area contributed by atoms with Gasteiger partial charge in [-0.15, -0.1) is 0 Å². The smallest absolute Gasteiger partial charge is 0.246 e. The summed E-state index contributed by atoms with van der Waals surface area (Å²) in [5.41, 5.74) is 0. The zero-order chi connectivity index (χ0) is 13.2. The van der Waals surface area contributed by atoms with Gasteiger partial charge in [-0.05, 0) is 25.8 Å². The highest BCUT2D eigenvalue weighted by atomic mass is 16.5. The lowest BCUT2D eigenvalue weighted by molar-refractivity contribution is -0.125. The lowest BCUT2D eigenvalue weighted by atomic mass is 10.0. The van der Waals surface area contributed by atoms with Gasteiger partial charge in [-0.1, -0.05) is 26.2 Å². The Hall–Kier alpha value is -0.610. The van der Waals surface area contributed by atoms with Gasteiger partial charge in [0.15, 0.2) is 0 Å². The molecule has 1 aliphatic rings. The number of ether oxygens (including phenoxy) is 1.